The monoisotopic (exact) mass is 1360 g/mol. The van der Waals surface area contributed by atoms with Gasteiger partial charge in [0.2, 0.25) is 5.70 Å². The predicted molar refractivity (Wildman–Crippen MR) is 429 cm³/mol. The summed E-state index contributed by atoms with van der Waals surface area (Å²) in [6.45, 7) is 14.8. The fraction of sp³-hybridized carbons (Fsp3) is 0.451. The molecule has 0 spiro atoms. The largest absolute Gasteiger partial charge is 0.494 e. The Morgan fingerprint density at radius 3 is 1.12 bits per heavy atom. The summed E-state index contributed by atoms with van der Waals surface area (Å²) in [5, 5.41) is 14.7. The normalized spacial score (nSPS) is 12.1. The van der Waals surface area contributed by atoms with Gasteiger partial charge in [-0.3, -0.25) is 15.0 Å². The maximum Gasteiger partial charge on any atom is 0.327 e. The lowest BCUT2D eigenvalue weighted by Crippen LogP contribution is -2.53. The lowest BCUT2D eigenvalue weighted by Gasteiger charge is -2.22. The Balaban J connectivity index is 0.962. The Morgan fingerprint density at radius 1 is 0.402 bits per heavy atom. The van der Waals surface area contributed by atoms with Gasteiger partial charge in [-0.25, -0.2) is 9.83 Å². The second-order valence-corrected chi connectivity index (χ2v) is 28.5. The van der Waals surface area contributed by atoms with Gasteiger partial charge in [-0.15, -0.1) is 0 Å². The van der Waals surface area contributed by atoms with Gasteiger partial charge in [0, 0.05) is 35.1 Å². The third kappa shape index (κ3) is 21.6. The van der Waals surface area contributed by atoms with E-state index in [1.165, 1.54) is 205 Å². The van der Waals surface area contributed by atoms with Crippen molar-refractivity contribution >= 4 is 61.9 Å². The van der Waals surface area contributed by atoms with Crippen molar-refractivity contribution in [3.63, 3.8) is 0 Å². The molecule has 0 saturated heterocycles. The van der Waals surface area contributed by atoms with Crippen molar-refractivity contribution in [2.75, 3.05) is 13.2 Å². The zero-order valence-electron chi connectivity index (χ0n) is 62.0. The topological polar surface area (TPSA) is 108 Å². The van der Waals surface area contributed by atoms with E-state index >= 15 is 0 Å². The molecule has 0 bridgehead atoms. The van der Waals surface area contributed by atoms with Gasteiger partial charge in [0.15, 0.2) is 0 Å². The number of nitriles is 1. The molecule has 4 aromatic heterocycles. The van der Waals surface area contributed by atoms with Crippen molar-refractivity contribution in [1.29, 1.82) is 5.26 Å². The molecule has 4 heterocycles. The van der Waals surface area contributed by atoms with Crippen LogP contribution in [0.2, 0.25) is 0 Å². The molecule has 102 heavy (non-hydrogen) atoms. The number of fused-ring (bicyclic) bond motifs is 3. The number of benzene rings is 6. The molecular formula is C91H113BN8O2. The van der Waals surface area contributed by atoms with Crippen molar-refractivity contribution in [2.45, 2.75) is 245 Å². The smallest absolute Gasteiger partial charge is 0.327 e. The highest BCUT2D eigenvalue weighted by atomic mass is 16.5. The minimum atomic E-state index is -0.498. The zero-order valence-corrected chi connectivity index (χ0v) is 62.0. The van der Waals surface area contributed by atoms with E-state index in [9.17, 15) is 11.8 Å². The Bertz CT molecular complexity index is 4300. The van der Waals surface area contributed by atoms with Crippen molar-refractivity contribution in [3.8, 4) is 40.1 Å². The molecular weight excluding hydrogens is 1250 g/mol. The first-order valence-electron chi connectivity index (χ1n) is 39.8. The van der Waals surface area contributed by atoms with Gasteiger partial charge in [-0.05, 0) is 96.8 Å². The molecule has 0 aliphatic carbocycles. The summed E-state index contributed by atoms with van der Waals surface area (Å²) in [5.74, 6) is 1.58. The van der Waals surface area contributed by atoms with E-state index in [0.717, 1.165) is 92.4 Å². The molecule has 6 aromatic carbocycles. The molecule has 0 fully saturated rings. The first kappa shape index (κ1) is 75.9. The van der Waals surface area contributed by atoms with Crippen LogP contribution in [-0.4, -0.2) is 49.0 Å². The van der Waals surface area contributed by atoms with Crippen LogP contribution in [0.1, 0.15) is 256 Å². The summed E-state index contributed by atoms with van der Waals surface area (Å²) in [5.41, 5.74) is 9.76. The van der Waals surface area contributed by atoms with Gasteiger partial charge in [-0.1, -0.05) is 328 Å². The van der Waals surface area contributed by atoms with E-state index in [1.807, 2.05) is 67.7 Å². The van der Waals surface area contributed by atoms with Crippen LogP contribution in [0.3, 0.4) is 0 Å². The summed E-state index contributed by atoms with van der Waals surface area (Å²) in [6, 6.07) is 56.2. The summed E-state index contributed by atoms with van der Waals surface area (Å²) < 4.78 is 17.6. The van der Waals surface area contributed by atoms with E-state index < -0.39 is 6.85 Å². The summed E-state index contributed by atoms with van der Waals surface area (Å²) >= 11 is 0. The van der Waals surface area contributed by atoms with Crippen molar-refractivity contribution in [1.82, 2.24) is 29.0 Å². The number of unbranched alkanes of at least 4 members (excludes halogenated alkanes) is 34. The molecule has 0 radical (unpaired) electrons. The first-order chi connectivity index (χ1) is 50.5. The molecule has 0 amide bonds. The van der Waals surface area contributed by atoms with Crippen LogP contribution in [0.4, 0.5) is 0 Å². The van der Waals surface area contributed by atoms with E-state index in [4.69, 9.17) is 29.4 Å². The van der Waals surface area contributed by atoms with E-state index in [0.29, 0.717) is 57.6 Å². The highest BCUT2D eigenvalue weighted by Gasteiger charge is 2.34. The number of rotatable bonds is 47. The van der Waals surface area contributed by atoms with Gasteiger partial charge in [-0.2, -0.15) is 5.26 Å². The number of nitrogens with zero attached hydrogens (tertiary/aromatic N) is 8. The van der Waals surface area contributed by atoms with Crippen molar-refractivity contribution in [2.24, 2.45) is 7.05 Å². The van der Waals surface area contributed by atoms with Crippen molar-refractivity contribution < 1.29 is 9.47 Å². The number of hydrogen-bond donors (Lipinski definition) is 0. The quantitative estimate of drug-likeness (QED) is 0.0212. The molecule has 0 atom stereocenters. The van der Waals surface area contributed by atoms with E-state index in [1.54, 1.807) is 12.4 Å². The van der Waals surface area contributed by atoms with Crippen LogP contribution in [0.25, 0.3) is 71.5 Å². The lowest BCUT2D eigenvalue weighted by atomic mass is 9.50. The Labute approximate surface area is 611 Å². The Kier molecular flexibility index (Phi) is 31.7. The number of hydrogen-bond acceptors (Lipinski definition) is 7. The maximum atomic E-state index is 11.9. The average molecular weight is 1360 g/mol. The summed E-state index contributed by atoms with van der Waals surface area (Å²) in [7, 11) is 2.04. The minimum Gasteiger partial charge on any atom is -0.494 e. The molecule has 10 aromatic rings. The molecule has 11 heteroatoms. The molecule has 532 valence electrons. The SMILES string of the molecule is [C-]#[N+]/C(c1cnc2ccccc2n1)=c1\c2c(-c3ccc(OCCCCCCCCCCCCCCCCCCCC)cc3)n(C)/c(=C(/C#N)c3cnc4ccccc4n3)c2c(-c2ccc(OCCCCCCCCCCCCCCCCCCCC)cc2)n1B(c1ccccc1)c1ccccc1. The molecule has 0 aliphatic heterocycles. The molecule has 0 unspecified atom stereocenters. The molecule has 10 nitrogen and oxygen atoms in total. The third-order valence-corrected chi connectivity index (χ3v) is 20.7. The molecule has 0 aliphatic rings. The molecule has 10 rings (SSSR count). The van der Waals surface area contributed by atoms with Crippen LogP contribution < -0.4 is 31.1 Å². The van der Waals surface area contributed by atoms with E-state index in [-0.39, 0.29) is 0 Å². The predicted octanol–water partition coefficient (Wildman–Crippen LogP) is 22.5. The van der Waals surface area contributed by atoms with Gasteiger partial charge >= 0.3 is 6.85 Å². The van der Waals surface area contributed by atoms with Crippen LogP contribution in [0.15, 0.2) is 170 Å². The first-order valence-corrected chi connectivity index (χ1v) is 39.8. The number of aromatic nitrogens is 6. The van der Waals surface area contributed by atoms with Gasteiger partial charge < -0.3 is 18.5 Å². The van der Waals surface area contributed by atoms with Gasteiger partial charge in [0.05, 0.1) is 64.8 Å². The van der Waals surface area contributed by atoms with E-state index in [2.05, 4.69) is 131 Å². The lowest BCUT2D eigenvalue weighted by molar-refractivity contribution is 0.304. The average Bonchev–Trinajstić information content (AvgIpc) is 1.54. The number of para-hydroxylation sites is 4. The Morgan fingerprint density at radius 2 is 0.735 bits per heavy atom. The number of ether oxygens (including phenoxy) is 2. The van der Waals surface area contributed by atoms with Crippen LogP contribution >= 0.6 is 0 Å². The highest BCUT2D eigenvalue weighted by Crippen LogP contribution is 2.37. The molecule has 0 N–H and O–H groups in total. The maximum absolute atomic E-state index is 11.9. The second kappa shape index (κ2) is 42.6. The fourth-order valence-electron chi connectivity index (χ4n) is 15.1. The zero-order chi connectivity index (χ0) is 70.6. The second-order valence-electron chi connectivity index (χ2n) is 28.5. The highest BCUT2D eigenvalue weighted by molar-refractivity contribution is 6.84. The summed E-state index contributed by atoms with van der Waals surface area (Å²) in [4.78, 5) is 24.9. The van der Waals surface area contributed by atoms with Gasteiger partial charge in [0.1, 0.15) is 28.8 Å². The minimum absolute atomic E-state index is 0.317. The van der Waals surface area contributed by atoms with Crippen LogP contribution in [0, 0.1) is 17.9 Å². The summed E-state index contributed by atoms with van der Waals surface area (Å²) in [6.07, 6.45) is 51.5. The molecule has 0 saturated carbocycles. The Hall–Kier alpha value is -8.80. The standard InChI is InChI=1S/C91H113BN8O2/c1-5-7-9-11-13-15-17-19-21-23-25-27-29-31-33-35-37-49-67-101-76-63-59-72(60-64-76)88-85-86(90(99(88)4)78(69-93)83-70-95-79-55-45-47-57-81(79)97-83)89(73-61-65-77(66-62-73)102-68-50-38-36-34-32-30-28-26-24-22-20-18-16-14-12-10-8-6-2)100(92(74-51-41-39-42-52-74)75-53-43-40-44-54-75)91(85)87(94-3)84-71-96-80-56-46-48-58-82(80)98-84/h39-48,51-66,70-71H,5-38,49-50,67-68H2,1-2,4H3/b90-78-,91-87+. The third-order valence-electron chi connectivity index (χ3n) is 20.7. The van der Waals surface area contributed by atoms with Crippen molar-refractivity contribution in [3.05, 3.63) is 204 Å². The fourth-order valence-corrected chi connectivity index (χ4v) is 15.1. The van der Waals surface area contributed by atoms with Crippen LogP contribution in [0.5, 0.6) is 11.5 Å². The van der Waals surface area contributed by atoms with Crippen LogP contribution in [-0.2, 0) is 7.05 Å². The van der Waals surface area contributed by atoms with Gasteiger partial charge in [0.25, 0.3) is 0 Å².